The van der Waals surface area contributed by atoms with Crippen molar-refractivity contribution < 1.29 is 9.52 Å². The normalized spacial score (nSPS) is 17.0. The highest BCUT2D eigenvalue weighted by atomic mass is 35.5. The van der Waals surface area contributed by atoms with E-state index in [-0.39, 0.29) is 17.2 Å². The third kappa shape index (κ3) is 2.78. The molecular formula is C19H18ClNO3. The number of halogens is 1. The number of hydrogen-bond acceptors (Lipinski definition) is 4. The summed E-state index contributed by atoms with van der Waals surface area (Å²) in [7, 11) is 0. The minimum absolute atomic E-state index is 0.0730. The summed E-state index contributed by atoms with van der Waals surface area (Å²) >= 11 is 5.97. The Morgan fingerprint density at radius 2 is 2.08 bits per heavy atom. The highest BCUT2D eigenvalue weighted by Gasteiger charge is 2.25. The van der Waals surface area contributed by atoms with Crippen LogP contribution in [0, 0.1) is 19.8 Å². The molecule has 0 fully saturated rings. The molecule has 1 unspecified atom stereocenters. The van der Waals surface area contributed by atoms with Gasteiger partial charge in [-0.2, -0.15) is 0 Å². The van der Waals surface area contributed by atoms with Crippen LogP contribution in [0.2, 0.25) is 5.02 Å². The molecule has 0 radical (unpaired) electrons. The van der Waals surface area contributed by atoms with Crippen LogP contribution < -0.4 is 5.63 Å². The lowest BCUT2D eigenvalue weighted by Crippen LogP contribution is -2.19. The van der Waals surface area contributed by atoms with Gasteiger partial charge in [0.25, 0.3) is 0 Å². The highest BCUT2D eigenvalue weighted by molar-refractivity contribution is 6.30. The van der Waals surface area contributed by atoms with Crippen molar-refractivity contribution in [2.75, 3.05) is 0 Å². The van der Waals surface area contributed by atoms with Gasteiger partial charge in [0, 0.05) is 22.7 Å². The number of allylic oxidation sites excluding steroid dienone is 1. The van der Waals surface area contributed by atoms with E-state index in [2.05, 4.69) is 4.99 Å². The van der Waals surface area contributed by atoms with Crippen molar-refractivity contribution in [1.29, 1.82) is 0 Å². The summed E-state index contributed by atoms with van der Waals surface area (Å²) in [6.45, 7) is 5.58. The second kappa shape index (κ2) is 6.29. The fourth-order valence-corrected chi connectivity index (χ4v) is 3.15. The summed E-state index contributed by atoms with van der Waals surface area (Å²) in [4.78, 5) is 16.9. The quantitative estimate of drug-likeness (QED) is 0.865. The van der Waals surface area contributed by atoms with Crippen molar-refractivity contribution in [1.82, 2.24) is 0 Å². The Balaban J connectivity index is 2.22. The molecule has 2 heterocycles. The molecule has 1 aliphatic rings. The molecule has 1 aromatic carbocycles. The van der Waals surface area contributed by atoms with Gasteiger partial charge in [-0.15, -0.1) is 0 Å². The van der Waals surface area contributed by atoms with Crippen LogP contribution in [0.4, 0.5) is 0 Å². The molecule has 3 rings (SSSR count). The topological polar surface area (TPSA) is 62.8 Å². The van der Waals surface area contributed by atoms with E-state index in [4.69, 9.17) is 16.0 Å². The second-order valence-electron chi connectivity index (χ2n) is 6.06. The Labute approximate surface area is 145 Å². The summed E-state index contributed by atoms with van der Waals surface area (Å²) in [5.41, 5.74) is 2.18. The first-order valence-corrected chi connectivity index (χ1v) is 8.14. The van der Waals surface area contributed by atoms with Gasteiger partial charge in [-0.1, -0.05) is 30.7 Å². The van der Waals surface area contributed by atoms with Crippen LogP contribution in [0.3, 0.4) is 0 Å². The van der Waals surface area contributed by atoms with Gasteiger partial charge in [-0.05, 0) is 43.5 Å². The number of aryl methyl sites for hydroxylation is 1. The monoisotopic (exact) mass is 343 g/mol. The third-order valence-corrected chi connectivity index (χ3v) is 4.53. The molecule has 1 N–H and O–H groups in total. The van der Waals surface area contributed by atoms with Crippen molar-refractivity contribution >= 4 is 17.3 Å². The molecule has 124 valence electrons. The molecule has 0 aliphatic carbocycles. The van der Waals surface area contributed by atoms with E-state index >= 15 is 0 Å². The van der Waals surface area contributed by atoms with Crippen molar-refractivity contribution in [3.05, 3.63) is 62.8 Å². The van der Waals surface area contributed by atoms with E-state index in [0.717, 1.165) is 12.0 Å². The first-order chi connectivity index (χ1) is 11.4. The molecule has 5 heteroatoms. The molecule has 24 heavy (non-hydrogen) atoms. The molecule has 0 bridgehead atoms. The lowest BCUT2D eigenvalue weighted by atomic mass is 9.93. The molecule has 1 aromatic heterocycles. The van der Waals surface area contributed by atoms with Gasteiger partial charge < -0.3 is 9.52 Å². The zero-order valence-electron chi connectivity index (χ0n) is 13.8. The van der Waals surface area contributed by atoms with Gasteiger partial charge in [0.15, 0.2) is 5.76 Å². The van der Waals surface area contributed by atoms with Crippen LogP contribution in [-0.4, -0.2) is 10.8 Å². The summed E-state index contributed by atoms with van der Waals surface area (Å²) < 4.78 is 5.56. The van der Waals surface area contributed by atoms with Crippen LogP contribution in [-0.2, 0) is 0 Å². The van der Waals surface area contributed by atoms with Crippen molar-refractivity contribution in [2.45, 2.75) is 27.2 Å². The fraction of sp³-hybridized carbons (Fsp3) is 0.263. The predicted octanol–water partition coefficient (Wildman–Crippen LogP) is 4.63. The second-order valence-corrected chi connectivity index (χ2v) is 6.50. The van der Waals surface area contributed by atoms with Gasteiger partial charge in [-0.25, -0.2) is 4.79 Å². The smallest absolute Gasteiger partial charge is 0.348 e. The van der Waals surface area contributed by atoms with Gasteiger partial charge in [0.05, 0.1) is 5.71 Å². The summed E-state index contributed by atoms with van der Waals surface area (Å²) in [6.07, 6.45) is 4.48. The Kier molecular flexibility index (Phi) is 4.33. The molecule has 0 saturated carbocycles. The van der Waals surface area contributed by atoms with E-state index in [1.54, 1.807) is 31.3 Å². The Morgan fingerprint density at radius 3 is 2.75 bits per heavy atom. The third-order valence-electron chi connectivity index (χ3n) is 4.30. The van der Waals surface area contributed by atoms with Crippen LogP contribution >= 0.6 is 11.6 Å². The average molecular weight is 344 g/mol. The summed E-state index contributed by atoms with van der Waals surface area (Å²) in [5, 5.41) is 11.2. The average Bonchev–Trinajstić information content (AvgIpc) is 2.54. The zero-order valence-corrected chi connectivity index (χ0v) is 14.5. The molecule has 0 amide bonds. The number of rotatable bonds is 2. The molecule has 0 saturated heterocycles. The number of nitrogens with zero attached hydrogens (tertiary/aromatic N) is 1. The lowest BCUT2D eigenvalue weighted by molar-refractivity contribution is 0.439. The minimum Gasteiger partial charge on any atom is -0.507 e. The lowest BCUT2D eigenvalue weighted by Gasteiger charge is -2.18. The fourth-order valence-electron chi connectivity index (χ4n) is 2.92. The number of aliphatic imine (C=N–C) groups is 1. The van der Waals surface area contributed by atoms with Crippen LogP contribution in [0.25, 0.3) is 11.1 Å². The maximum Gasteiger partial charge on any atom is 0.348 e. The van der Waals surface area contributed by atoms with Gasteiger partial charge in [-0.3, -0.25) is 4.99 Å². The standard InChI is InChI=1S/C19H18ClNO3/c1-10-5-4-8-21-16(10)18-12(3)17(22)15(19(23)24-18)14-7-6-13(20)9-11(14)2/h4,6-10,22H,5H2,1-3H3. The molecule has 0 spiro atoms. The highest BCUT2D eigenvalue weighted by Crippen LogP contribution is 2.34. The van der Waals surface area contributed by atoms with Crippen molar-refractivity contribution in [3.8, 4) is 16.9 Å². The maximum atomic E-state index is 12.6. The van der Waals surface area contributed by atoms with E-state index in [1.165, 1.54) is 0 Å². The van der Waals surface area contributed by atoms with Gasteiger partial charge >= 0.3 is 5.63 Å². The number of aromatic hydroxyl groups is 1. The van der Waals surface area contributed by atoms with E-state index in [9.17, 15) is 9.90 Å². The number of hydrogen-bond donors (Lipinski definition) is 1. The van der Waals surface area contributed by atoms with E-state index in [0.29, 0.717) is 27.6 Å². The van der Waals surface area contributed by atoms with E-state index < -0.39 is 5.63 Å². The first kappa shape index (κ1) is 16.5. The zero-order chi connectivity index (χ0) is 17.4. The molecule has 2 aromatic rings. The summed E-state index contributed by atoms with van der Waals surface area (Å²) in [5.74, 6) is 0.403. The minimum atomic E-state index is -0.581. The largest absolute Gasteiger partial charge is 0.507 e. The molecule has 4 nitrogen and oxygen atoms in total. The Bertz CT molecular complexity index is 925. The van der Waals surface area contributed by atoms with Crippen molar-refractivity contribution in [2.24, 2.45) is 10.9 Å². The number of benzene rings is 1. The SMILES string of the molecule is Cc1cc(Cl)ccc1-c1c(O)c(C)c(C2=NC=CCC2C)oc1=O. The molecule has 1 aliphatic heterocycles. The maximum absolute atomic E-state index is 12.6. The molecular weight excluding hydrogens is 326 g/mol. The van der Waals surface area contributed by atoms with E-state index in [1.807, 2.05) is 19.9 Å². The van der Waals surface area contributed by atoms with Crippen LogP contribution in [0.15, 0.2) is 44.7 Å². The van der Waals surface area contributed by atoms with Gasteiger partial charge in [0.1, 0.15) is 11.3 Å². The van der Waals surface area contributed by atoms with Crippen molar-refractivity contribution in [3.63, 3.8) is 0 Å². The first-order valence-electron chi connectivity index (χ1n) is 7.76. The Hall–Kier alpha value is -2.33. The Morgan fingerprint density at radius 1 is 1.33 bits per heavy atom. The molecule has 1 atom stereocenters. The summed E-state index contributed by atoms with van der Waals surface area (Å²) in [6, 6.07) is 5.15. The van der Waals surface area contributed by atoms with Gasteiger partial charge in [0.2, 0.25) is 0 Å². The predicted molar refractivity (Wildman–Crippen MR) is 96.0 cm³/mol. The van der Waals surface area contributed by atoms with Crippen LogP contribution in [0.1, 0.15) is 30.2 Å². The van der Waals surface area contributed by atoms with Crippen LogP contribution in [0.5, 0.6) is 5.75 Å².